The van der Waals surface area contributed by atoms with Crippen molar-refractivity contribution < 1.29 is 5.11 Å². The largest absolute Gasteiger partial charge is 0.393 e. The van der Waals surface area contributed by atoms with E-state index in [9.17, 15) is 5.11 Å². The minimum absolute atomic E-state index is 0.267. The van der Waals surface area contributed by atoms with Crippen molar-refractivity contribution in [3.05, 3.63) is 70.8 Å². The van der Waals surface area contributed by atoms with Gasteiger partial charge in [-0.3, -0.25) is 0 Å². The van der Waals surface area contributed by atoms with Crippen LogP contribution in [-0.4, -0.2) is 11.2 Å². The molecule has 0 amide bonds. The molecule has 2 aromatic rings. The van der Waals surface area contributed by atoms with Crippen LogP contribution in [0.15, 0.2) is 48.5 Å². The highest BCUT2D eigenvalue weighted by atomic mass is 16.3. The van der Waals surface area contributed by atoms with Crippen LogP contribution in [0.2, 0.25) is 0 Å². The lowest BCUT2D eigenvalue weighted by Crippen LogP contribution is -2.11. The Morgan fingerprint density at radius 1 is 0.857 bits per heavy atom. The van der Waals surface area contributed by atoms with Crippen LogP contribution in [0.4, 0.5) is 0 Å². The standard InChI is InChI=1S/C20H26O/c1-15(2)19-11-8-18(9-12-19)14-20(21)13-10-17-6-4-16(3)5-7-17/h4-9,11-12,15,20-21H,10,13-14H2,1-3H3. The van der Waals surface area contributed by atoms with E-state index in [4.69, 9.17) is 0 Å². The zero-order valence-electron chi connectivity index (χ0n) is 13.3. The van der Waals surface area contributed by atoms with Crippen molar-refractivity contribution in [3.63, 3.8) is 0 Å². The summed E-state index contributed by atoms with van der Waals surface area (Å²) in [5.74, 6) is 0.561. The van der Waals surface area contributed by atoms with Gasteiger partial charge < -0.3 is 5.11 Å². The van der Waals surface area contributed by atoms with E-state index in [1.165, 1.54) is 22.3 Å². The monoisotopic (exact) mass is 282 g/mol. The van der Waals surface area contributed by atoms with Crippen molar-refractivity contribution in [2.75, 3.05) is 0 Å². The van der Waals surface area contributed by atoms with E-state index in [-0.39, 0.29) is 6.10 Å². The lowest BCUT2D eigenvalue weighted by atomic mass is 9.97. The third-order valence-corrected chi connectivity index (χ3v) is 4.00. The summed E-state index contributed by atoms with van der Waals surface area (Å²) in [6.45, 7) is 6.50. The Morgan fingerprint density at radius 3 is 2.00 bits per heavy atom. The molecular formula is C20H26O. The smallest absolute Gasteiger partial charge is 0.0583 e. The lowest BCUT2D eigenvalue weighted by molar-refractivity contribution is 0.165. The van der Waals surface area contributed by atoms with E-state index >= 15 is 0 Å². The molecule has 0 spiro atoms. The van der Waals surface area contributed by atoms with Crippen LogP contribution in [0.5, 0.6) is 0 Å². The van der Waals surface area contributed by atoms with Crippen LogP contribution in [0.3, 0.4) is 0 Å². The summed E-state index contributed by atoms with van der Waals surface area (Å²) in [4.78, 5) is 0. The zero-order valence-corrected chi connectivity index (χ0v) is 13.3. The van der Waals surface area contributed by atoms with Gasteiger partial charge in [-0.05, 0) is 48.8 Å². The molecule has 0 radical (unpaired) electrons. The average Bonchev–Trinajstić information content (AvgIpc) is 2.47. The van der Waals surface area contributed by atoms with Crippen molar-refractivity contribution in [2.45, 2.75) is 52.1 Å². The first kappa shape index (κ1) is 15.8. The fourth-order valence-corrected chi connectivity index (χ4v) is 2.50. The third-order valence-electron chi connectivity index (χ3n) is 4.00. The van der Waals surface area contributed by atoms with Crippen molar-refractivity contribution in [3.8, 4) is 0 Å². The molecule has 0 bridgehead atoms. The Kier molecular flexibility index (Phi) is 5.58. The SMILES string of the molecule is Cc1ccc(CCC(O)Cc2ccc(C(C)C)cc2)cc1. The number of rotatable bonds is 6. The molecule has 1 unspecified atom stereocenters. The van der Waals surface area contributed by atoms with Gasteiger partial charge in [-0.15, -0.1) is 0 Å². The van der Waals surface area contributed by atoms with E-state index in [1.54, 1.807) is 0 Å². The normalized spacial score (nSPS) is 12.6. The molecule has 0 aliphatic carbocycles. The van der Waals surface area contributed by atoms with Crippen molar-refractivity contribution in [1.29, 1.82) is 0 Å². The van der Waals surface area contributed by atoms with Gasteiger partial charge in [-0.2, -0.15) is 0 Å². The van der Waals surface area contributed by atoms with Gasteiger partial charge in [0, 0.05) is 0 Å². The molecular weight excluding hydrogens is 256 g/mol. The maximum Gasteiger partial charge on any atom is 0.0583 e. The van der Waals surface area contributed by atoms with Crippen LogP contribution in [-0.2, 0) is 12.8 Å². The first-order valence-electron chi connectivity index (χ1n) is 7.87. The molecule has 2 aromatic carbocycles. The number of hydrogen-bond donors (Lipinski definition) is 1. The highest BCUT2D eigenvalue weighted by molar-refractivity contribution is 5.25. The lowest BCUT2D eigenvalue weighted by Gasteiger charge is -2.12. The third kappa shape index (κ3) is 5.02. The predicted molar refractivity (Wildman–Crippen MR) is 89.7 cm³/mol. The van der Waals surface area contributed by atoms with E-state index in [1.807, 2.05) is 0 Å². The van der Waals surface area contributed by atoms with Crippen LogP contribution in [0.1, 0.15) is 48.4 Å². The Morgan fingerprint density at radius 2 is 1.43 bits per heavy atom. The second-order valence-electron chi connectivity index (χ2n) is 6.28. The van der Waals surface area contributed by atoms with Crippen LogP contribution >= 0.6 is 0 Å². The summed E-state index contributed by atoms with van der Waals surface area (Å²) >= 11 is 0. The first-order chi connectivity index (χ1) is 10.0. The fraction of sp³-hybridized carbons (Fsp3) is 0.400. The quantitative estimate of drug-likeness (QED) is 0.817. The molecule has 1 nitrogen and oxygen atoms in total. The highest BCUT2D eigenvalue weighted by Crippen LogP contribution is 2.16. The van der Waals surface area contributed by atoms with Crippen molar-refractivity contribution >= 4 is 0 Å². The minimum Gasteiger partial charge on any atom is -0.393 e. The average molecular weight is 282 g/mol. The highest BCUT2D eigenvalue weighted by Gasteiger charge is 2.07. The second kappa shape index (κ2) is 7.42. The minimum atomic E-state index is -0.267. The van der Waals surface area contributed by atoms with Gasteiger partial charge >= 0.3 is 0 Å². The van der Waals surface area contributed by atoms with Crippen LogP contribution in [0.25, 0.3) is 0 Å². The molecule has 2 rings (SSSR count). The summed E-state index contributed by atoms with van der Waals surface area (Å²) in [7, 11) is 0. The van der Waals surface area contributed by atoms with E-state index in [0.717, 1.165) is 19.3 Å². The van der Waals surface area contributed by atoms with Crippen LogP contribution in [0, 0.1) is 6.92 Å². The van der Waals surface area contributed by atoms with Crippen LogP contribution < -0.4 is 0 Å². The molecule has 1 N–H and O–H groups in total. The number of benzene rings is 2. The van der Waals surface area contributed by atoms with E-state index in [2.05, 4.69) is 69.3 Å². The Labute approximate surface area is 128 Å². The topological polar surface area (TPSA) is 20.2 Å². The van der Waals surface area contributed by atoms with Gasteiger partial charge in [0.1, 0.15) is 0 Å². The van der Waals surface area contributed by atoms with Gasteiger partial charge in [-0.1, -0.05) is 67.9 Å². The molecule has 0 saturated heterocycles. The molecule has 21 heavy (non-hydrogen) atoms. The van der Waals surface area contributed by atoms with E-state index in [0.29, 0.717) is 5.92 Å². The van der Waals surface area contributed by atoms with Gasteiger partial charge in [-0.25, -0.2) is 0 Å². The van der Waals surface area contributed by atoms with Crippen molar-refractivity contribution in [2.24, 2.45) is 0 Å². The maximum atomic E-state index is 10.2. The molecule has 0 fully saturated rings. The van der Waals surface area contributed by atoms with Gasteiger partial charge in [0.2, 0.25) is 0 Å². The summed E-state index contributed by atoms with van der Waals surface area (Å²) in [5, 5.41) is 10.2. The first-order valence-corrected chi connectivity index (χ1v) is 7.87. The zero-order chi connectivity index (χ0) is 15.2. The second-order valence-corrected chi connectivity index (χ2v) is 6.28. The Bertz CT molecular complexity index is 537. The molecule has 112 valence electrons. The molecule has 0 saturated carbocycles. The summed E-state index contributed by atoms with van der Waals surface area (Å²) < 4.78 is 0. The molecule has 1 atom stereocenters. The Balaban J connectivity index is 1.83. The fourth-order valence-electron chi connectivity index (χ4n) is 2.50. The number of aliphatic hydroxyl groups excluding tert-OH is 1. The maximum absolute atomic E-state index is 10.2. The summed E-state index contributed by atoms with van der Waals surface area (Å²) in [5.41, 5.74) is 5.16. The molecule has 0 heterocycles. The van der Waals surface area contributed by atoms with Gasteiger partial charge in [0.25, 0.3) is 0 Å². The molecule has 0 aromatic heterocycles. The number of aryl methyl sites for hydroxylation is 2. The molecule has 0 aliphatic rings. The van der Waals surface area contributed by atoms with E-state index < -0.39 is 0 Å². The predicted octanol–water partition coefficient (Wildman–Crippen LogP) is 4.65. The molecule has 1 heteroatoms. The number of hydrogen-bond acceptors (Lipinski definition) is 1. The molecule has 0 aliphatic heterocycles. The summed E-state index contributed by atoms with van der Waals surface area (Å²) in [6, 6.07) is 17.2. The Hall–Kier alpha value is -1.60. The van der Waals surface area contributed by atoms with Crippen molar-refractivity contribution in [1.82, 2.24) is 0 Å². The number of aliphatic hydroxyl groups is 1. The summed E-state index contributed by atoms with van der Waals surface area (Å²) in [6.07, 6.45) is 2.22. The van der Waals surface area contributed by atoms with Gasteiger partial charge in [0.05, 0.1) is 6.10 Å². The van der Waals surface area contributed by atoms with Gasteiger partial charge in [0.15, 0.2) is 0 Å².